The first-order valence-corrected chi connectivity index (χ1v) is 6.42. The highest BCUT2D eigenvalue weighted by Crippen LogP contribution is 2.27. The van der Waals surface area contributed by atoms with Gasteiger partial charge < -0.3 is 9.15 Å². The Morgan fingerprint density at radius 3 is 2.52 bits per heavy atom. The zero-order valence-electron chi connectivity index (χ0n) is 11.1. The molecule has 0 amide bonds. The predicted octanol–water partition coefficient (Wildman–Crippen LogP) is 3.24. The maximum absolute atomic E-state index is 11.8. The Balaban J connectivity index is 2.08. The Morgan fingerprint density at radius 2 is 1.76 bits per heavy atom. The van der Waals surface area contributed by atoms with Crippen LogP contribution in [-0.4, -0.2) is 0 Å². The van der Waals surface area contributed by atoms with Crippen LogP contribution in [0.5, 0.6) is 5.75 Å². The van der Waals surface area contributed by atoms with E-state index < -0.39 is 5.63 Å². The lowest BCUT2D eigenvalue weighted by Crippen LogP contribution is -2.08. The Morgan fingerprint density at radius 1 is 1.05 bits per heavy atom. The molecular formula is C17H11NO3. The van der Waals surface area contributed by atoms with Crippen molar-refractivity contribution in [1.82, 2.24) is 0 Å². The van der Waals surface area contributed by atoms with E-state index in [1.807, 2.05) is 36.4 Å². The van der Waals surface area contributed by atoms with Gasteiger partial charge in [0.05, 0.1) is 5.39 Å². The lowest BCUT2D eigenvalue weighted by Gasteiger charge is -2.09. The number of hydrogen-bond donors (Lipinski definition) is 0. The molecule has 1 heterocycles. The van der Waals surface area contributed by atoms with Crippen molar-refractivity contribution in [3.8, 4) is 11.8 Å². The van der Waals surface area contributed by atoms with Gasteiger partial charge in [-0.05, 0) is 17.7 Å². The molecule has 0 aliphatic rings. The summed E-state index contributed by atoms with van der Waals surface area (Å²) in [5, 5.41) is 9.78. The van der Waals surface area contributed by atoms with Crippen LogP contribution >= 0.6 is 0 Å². The maximum Gasteiger partial charge on any atom is 0.358 e. The van der Waals surface area contributed by atoms with Crippen molar-refractivity contribution in [1.29, 1.82) is 5.26 Å². The Labute approximate surface area is 120 Å². The highest BCUT2D eigenvalue weighted by molar-refractivity contribution is 5.85. The molecule has 3 aromatic rings. The van der Waals surface area contributed by atoms with Crippen LogP contribution in [0.1, 0.15) is 11.1 Å². The van der Waals surface area contributed by atoms with Crippen molar-refractivity contribution in [3.05, 3.63) is 76.1 Å². The average molecular weight is 277 g/mol. The molecule has 0 bridgehead atoms. The molecule has 0 unspecified atom stereocenters. The zero-order chi connectivity index (χ0) is 14.7. The van der Waals surface area contributed by atoms with Crippen LogP contribution in [0.15, 0.2) is 63.8 Å². The molecule has 0 saturated carbocycles. The van der Waals surface area contributed by atoms with E-state index in [-0.39, 0.29) is 17.9 Å². The van der Waals surface area contributed by atoms with Gasteiger partial charge in [-0.15, -0.1) is 0 Å². The van der Waals surface area contributed by atoms with E-state index in [9.17, 15) is 4.79 Å². The highest BCUT2D eigenvalue weighted by atomic mass is 16.5. The number of ether oxygens (including phenoxy) is 1. The number of benzene rings is 2. The number of fused-ring (bicyclic) bond motifs is 1. The van der Waals surface area contributed by atoms with E-state index in [4.69, 9.17) is 14.4 Å². The van der Waals surface area contributed by atoms with Gasteiger partial charge >= 0.3 is 5.63 Å². The molecule has 4 heteroatoms. The van der Waals surface area contributed by atoms with Crippen molar-refractivity contribution in [3.63, 3.8) is 0 Å². The summed E-state index contributed by atoms with van der Waals surface area (Å²) in [5.41, 5.74) is 0.576. The molecule has 0 N–H and O–H groups in total. The van der Waals surface area contributed by atoms with Gasteiger partial charge in [0, 0.05) is 0 Å². The molecule has 2 aromatic carbocycles. The number of nitriles is 1. The summed E-state index contributed by atoms with van der Waals surface area (Å²) >= 11 is 0. The van der Waals surface area contributed by atoms with Gasteiger partial charge in [-0.1, -0.05) is 42.5 Å². The second-order valence-corrected chi connectivity index (χ2v) is 4.48. The van der Waals surface area contributed by atoms with E-state index >= 15 is 0 Å². The molecule has 0 aliphatic heterocycles. The van der Waals surface area contributed by atoms with Crippen molar-refractivity contribution >= 4 is 11.0 Å². The van der Waals surface area contributed by atoms with Crippen molar-refractivity contribution in [2.45, 2.75) is 6.61 Å². The molecule has 102 valence electrons. The second-order valence-electron chi connectivity index (χ2n) is 4.48. The summed E-state index contributed by atoms with van der Waals surface area (Å²) in [6.07, 6.45) is 0. The fraction of sp³-hybridized carbons (Fsp3) is 0.0588. The minimum absolute atomic E-state index is 0.107. The number of rotatable bonds is 3. The first-order valence-electron chi connectivity index (χ1n) is 6.42. The number of hydrogen-bond acceptors (Lipinski definition) is 4. The molecule has 0 fully saturated rings. The molecule has 0 atom stereocenters. The predicted molar refractivity (Wildman–Crippen MR) is 78.0 cm³/mol. The first-order chi connectivity index (χ1) is 10.3. The minimum Gasteiger partial charge on any atom is -0.486 e. The quantitative estimate of drug-likeness (QED) is 0.689. The minimum atomic E-state index is -0.681. The van der Waals surface area contributed by atoms with Gasteiger partial charge in [0.15, 0.2) is 11.3 Å². The summed E-state index contributed by atoms with van der Waals surface area (Å²) in [4.78, 5) is 11.8. The van der Waals surface area contributed by atoms with Crippen LogP contribution in [0.3, 0.4) is 0 Å². The zero-order valence-corrected chi connectivity index (χ0v) is 11.1. The first kappa shape index (κ1) is 12.9. The van der Waals surface area contributed by atoms with E-state index in [1.54, 1.807) is 24.3 Å². The van der Waals surface area contributed by atoms with Crippen LogP contribution in [0.4, 0.5) is 0 Å². The summed E-state index contributed by atoms with van der Waals surface area (Å²) in [6.45, 7) is 0.281. The maximum atomic E-state index is 11.8. The van der Waals surface area contributed by atoms with Crippen LogP contribution in [0.25, 0.3) is 11.0 Å². The molecule has 0 spiro atoms. The van der Waals surface area contributed by atoms with E-state index in [1.165, 1.54) is 0 Å². The third-order valence-corrected chi connectivity index (χ3v) is 3.10. The summed E-state index contributed by atoms with van der Waals surface area (Å²) < 4.78 is 10.8. The van der Waals surface area contributed by atoms with Crippen LogP contribution < -0.4 is 10.4 Å². The summed E-state index contributed by atoms with van der Waals surface area (Å²) in [6, 6.07) is 18.4. The van der Waals surface area contributed by atoms with Crippen molar-refractivity contribution < 1.29 is 9.15 Å². The van der Waals surface area contributed by atoms with Crippen molar-refractivity contribution in [2.75, 3.05) is 0 Å². The summed E-state index contributed by atoms with van der Waals surface area (Å²) in [7, 11) is 0. The summed E-state index contributed by atoms with van der Waals surface area (Å²) in [5.74, 6) is 0.271. The SMILES string of the molecule is N#Cc1c(OCc2ccccc2)c2ccccc2oc1=O. The third-order valence-electron chi connectivity index (χ3n) is 3.10. The molecule has 4 nitrogen and oxygen atoms in total. The van der Waals surface area contributed by atoms with Crippen LogP contribution in [0, 0.1) is 11.3 Å². The number of para-hydroxylation sites is 1. The van der Waals surface area contributed by atoms with Gasteiger partial charge in [0.1, 0.15) is 18.3 Å². The number of nitrogens with zero attached hydrogens (tertiary/aromatic N) is 1. The fourth-order valence-corrected chi connectivity index (χ4v) is 2.10. The highest BCUT2D eigenvalue weighted by Gasteiger charge is 2.15. The van der Waals surface area contributed by atoms with Crippen molar-refractivity contribution in [2.24, 2.45) is 0 Å². The molecular weight excluding hydrogens is 266 g/mol. The van der Waals surface area contributed by atoms with E-state index in [0.717, 1.165) is 5.56 Å². The van der Waals surface area contributed by atoms with Gasteiger partial charge in [-0.25, -0.2) is 4.79 Å². The lowest BCUT2D eigenvalue weighted by atomic mass is 10.1. The Hall–Kier alpha value is -3.06. The van der Waals surface area contributed by atoms with E-state index in [0.29, 0.717) is 11.0 Å². The topological polar surface area (TPSA) is 63.2 Å². The fourth-order valence-electron chi connectivity index (χ4n) is 2.10. The molecule has 0 radical (unpaired) electrons. The van der Waals surface area contributed by atoms with Gasteiger partial charge in [-0.2, -0.15) is 5.26 Å². The molecule has 3 rings (SSSR count). The largest absolute Gasteiger partial charge is 0.486 e. The second kappa shape index (κ2) is 5.51. The van der Waals surface area contributed by atoms with Gasteiger partial charge in [0.25, 0.3) is 0 Å². The third kappa shape index (κ3) is 2.49. The van der Waals surface area contributed by atoms with Gasteiger partial charge in [-0.3, -0.25) is 0 Å². The molecule has 0 aliphatic carbocycles. The normalized spacial score (nSPS) is 10.2. The van der Waals surface area contributed by atoms with Crippen LogP contribution in [-0.2, 0) is 6.61 Å². The molecule has 0 saturated heterocycles. The molecule has 1 aromatic heterocycles. The average Bonchev–Trinajstić information content (AvgIpc) is 2.53. The van der Waals surface area contributed by atoms with Gasteiger partial charge in [0.2, 0.25) is 0 Å². The Kier molecular flexibility index (Phi) is 3.40. The van der Waals surface area contributed by atoms with E-state index in [2.05, 4.69) is 0 Å². The molecule has 21 heavy (non-hydrogen) atoms. The monoisotopic (exact) mass is 277 g/mol. The lowest BCUT2D eigenvalue weighted by molar-refractivity contribution is 0.306. The van der Waals surface area contributed by atoms with Crippen LogP contribution in [0.2, 0.25) is 0 Å². The smallest absolute Gasteiger partial charge is 0.358 e. The standard InChI is InChI=1S/C17H11NO3/c18-10-14-16(20-11-12-6-2-1-3-7-12)13-8-4-5-9-15(13)21-17(14)19/h1-9H,11H2. The Bertz CT molecular complexity index is 876.